The molecule has 3 nitrogen and oxygen atoms in total. The molecular weight excluding hydrogens is 214 g/mol. The van der Waals surface area contributed by atoms with Crippen LogP contribution in [0.1, 0.15) is 36.0 Å². The first-order valence-corrected chi connectivity index (χ1v) is 6.31. The van der Waals surface area contributed by atoms with E-state index in [-0.39, 0.29) is 5.54 Å². The number of rotatable bonds is 1. The summed E-state index contributed by atoms with van der Waals surface area (Å²) in [4.78, 5) is 0. The minimum absolute atomic E-state index is 0.194. The Kier molecular flexibility index (Phi) is 2.33. The van der Waals surface area contributed by atoms with Crippen LogP contribution in [0.2, 0.25) is 0 Å². The van der Waals surface area contributed by atoms with E-state index in [1.807, 2.05) is 0 Å². The van der Waals surface area contributed by atoms with Crippen molar-refractivity contribution in [3.8, 4) is 11.5 Å². The molecule has 2 N–H and O–H groups in total. The van der Waals surface area contributed by atoms with E-state index < -0.39 is 0 Å². The summed E-state index contributed by atoms with van der Waals surface area (Å²) in [6.07, 6.45) is 3.31. The molecule has 17 heavy (non-hydrogen) atoms. The standard InChI is InChI=1S/C14H19NO2/c1-9-8-11-13(17-7-6-16-11)12(10(9)2)14(15)4-3-5-14/h8H,3-7,15H2,1-2H3. The van der Waals surface area contributed by atoms with Gasteiger partial charge in [0.05, 0.1) is 0 Å². The van der Waals surface area contributed by atoms with Crippen molar-refractivity contribution in [3.05, 3.63) is 22.8 Å². The molecule has 0 atom stereocenters. The van der Waals surface area contributed by atoms with Crippen molar-refractivity contribution in [2.24, 2.45) is 5.73 Å². The fourth-order valence-corrected chi connectivity index (χ4v) is 2.81. The molecule has 1 fully saturated rings. The van der Waals surface area contributed by atoms with Gasteiger partial charge in [-0.05, 0) is 50.3 Å². The molecular formula is C14H19NO2. The molecule has 3 heteroatoms. The van der Waals surface area contributed by atoms with Crippen molar-refractivity contribution in [3.63, 3.8) is 0 Å². The molecule has 0 radical (unpaired) electrons. The third-order valence-electron chi connectivity index (χ3n) is 4.10. The third kappa shape index (κ3) is 1.53. The Balaban J connectivity index is 2.20. The Labute approximate surface area is 102 Å². The van der Waals surface area contributed by atoms with Crippen molar-refractivity contribution in [2.45, 2.75) is 38.6 Å². The summed E-state index contributed by atoms with van der Waals surface area (Å²) in [6, 6.07) is 2.06. The lowest BCUT2D eigenvalue weighted by atomic mass is 9.70. The average molecular weight is 233 g/mol. The van der Waals surface area contributed by atoms with Gasteiger partial charge in [-0.1, -0.05) is 0 Å². The lowest BCUT2D eigenvalue weighted by Crippen LogP contribution is -2.44. The normalized spacial score (nSPS) is 20.9. The van der Waals surface area contributed by atoms with E-state index in [9.17, 15) is 0 Å². The van der Waals surface area contributed by atoms with Crippen LogP contribution in [0.4, 0.5) is 0 Å². The van der Waals surface area contributed by atoms with Crippen molar-refractivity contribution < 1.29 is 9.47 Å². The summed E-state index contributed by atoms with van der Waals surface area (Å²) >= 11 is 0. The first-order chi connectivity index (χ1) is 8.12. The maximum Gasteiger partial charge on any atom is 0.166 e. The molecule has 0 unspecified atom stereocenters. The van der Waals surface area contributed by atoms with Crippen LogP contribution >= 0.6 is 0 Å². The number of nitrogens with two attached hydrogens (primary N) is 1. The minimum atomic E-state index is -0.194. The zero-order valence-corrected chi connectivity index (χ0v) is 10.5. The second-order valence-electron chi connectivity index (χ2n) is 5.23. The minimum Gasteiger partial charge on any atom is -0.486 e. The highest BCUT2D eigenvalue weighted by molar-refractivity contribution is 5.57. The Bertz CT molecular complexity index is 464. The van der Waals surface area contributed by atoms with Crippen LogP contribution in [0.15, 0.2) is 6.07 Å². The third-order valence-corrected chi connectivity index (χ3v) is 4.10. The number of ether oxygens (including phenoxy) is 2. The summed E-state index contributed by atoms with van der Waals surface area (Å²) < 4.78 is 11.5. The SMILES string of the molecule is Cc1cc2c(c(C3(N)CCC3)c1C)OCCO2. The zero-order valence-electron chi connectivity index (χ0n) is 10.5. The molecule has 0 saturated heterocycles. The molecule has 92 valence electrons. The fourth-order valence-electron chi connectivity index (χ4n) is 2.81. The van der Waals surface area contributed by atoms with Crippen LogP contribution in [0, 0.1) is 13.8 Å². The first-order valence-electron chi connectivity index (χ1n) is 6.31. The quantitative estimate of drug-likeness (QED) is 0.810. The molecule has 0 spiro atoms. The van der Waals surface area contributed by atoms with Gasteiger partial charge in [0.25, 0.3) is 0 Å². The monoisotopic (exact) mass is 233 g/mol. The molecule has 1 aromatic rings. The van der Waals surface area contributed by atoms with Crippen molar-refractivity contribution in [2.75, 3.05) is 13.2 Å². The van der Waals surface area contributed by atoms with Gasteiger partial charge in [-0.3, -0.25) is 0 Å². The van der Waals surface area contributed by atoms with E-state index in [1.165, 1.54) is 23.1 Å². The van der Waals surface area contributed by atoms with Crippen LogP contribution in [0.25, 0.3) is 0 Å². The molecule has 0 amide bonds. The van der Waals surface area contributed by atoms with E-state index in [4.69, 9.17) is 15.2 Å². The molecule has 1 heterocycles. The topological polar surface area (TPSA) is 44.5 Å². The molecule has 3 rings (SSSR count). The first kappa shape index (κ1) is 10.9. The molecule has 0 aromatic heterocycles. The van der Waals surface area contributed by atoms with Crippen molar-refractivity contribution >= 4 is 0 Å². The van der Waals surface area contributed by atoms with Gasteiger partial charge in [-0.2, -0.15) is 0 Å². The van der Waals surface area contributed by atoms with Crippen LogP contribution in [0.5, 0.6) is 11.5 Å². The average Bonchev–Trinajstić information content (AvgIpc) is 2.28. The molecule has 2 aliphatic rings. The predicted molar refractivity (Wildman–Crippen MR) is 66.6 cm³/mol. The van der Waals surface area contributed by atoms with Crippen LogP contribution in [-0.2, 0) is 5.54 Å². The second-order valence-corrected chi connectivity index (χ2v) is 5.23. The number of hydrogen-bond donors (Lipinski definition) is 1. The summed E-state index contributed by atoms with van der Waals surface area (Å²) in [5, 5.41) is 0. The fraction of sp³-hybridized carbons (Fsp3) is 0.571. The van der Waals surface area contributed by atoms with E-state index in [1.54, 1.807) is 0 Å². The molecule has 0 bridgehead atoms. The van der Waals surface area contributed by atoms with Gasteiger partial charge in [0.2, 0.25) is 0 Å². The molecule has 1 aliphatic heterocycles. The van der Waals surface area contributed by atoms with E-state index in [0.29, 0.717) is 13.2 Å². The van der Waals surface area contributed by atoms with Crippen LogP contribution in [0.3, 0.4) is 0 Å². The number of benzene rings is 1. The number of fused-ring (bicyclic) bond motifs is 1. The molecule has 1 aromatic carbocycles. The van der Waals surface area contributed by atoms with Gasteiger partial charge in [-0.25, -0.2) is 0 Å². The summed E-state index contributed by atoms with van der Waals surface area (Å²) in [7, 11) is 0. The number of hydrogen-bond acceptors (Lipinski definition) is 3. The highest BCUT2D eigenvalue weighted by atomic mass is 16.6. The van der Waals surface area contributed by atoms with E-state index >= 15 is 0 Å². The van der Waals surface area contributed by atoms with Gasteiger partial charge >= 0.3 is 0 Å². The summed E-state index contributed by atoms with van der Waals surface area (Å²) in [5.41, 5.74) is 9.97. The van der Waals surface area contributed by atoms with Gasteiger partial charge in [0.15, 0.2) is 11.5 Å². The maximum absolute atomic E-state index is 6.48. The van der Waals surface area contributed by atoms with Crippen LogP contribution in [-0.4, -0.2) is 13.2 Å². The van der Waals surface area contributed by atoms with E-state index in [0.717, 1.165) is 24.3 Å². The van der Waals surface area contributed by atoms with Gasteiger partial charge in [0, 0.05) is 11.1 Å². The lowest BCUT2D eigenvalue weighted by Gasteiger charge is -2.41. The number of aryl methyl sites for hydroxylation is 1. The van der Waals surface area contributed by atoms with E-state index in [2.05, 4.69) is 19.9 Å². The van der Waals surface area contributed by atoms with Gasteiger partial charge in [0.1, 0.15) is 13.2 Å². The van der Waals surface area contributed by atoms with Crippen molar-refractivity contribution in [1.82, 2.24) is 0 Å². The Morgan fingerprint density at radius 1 is 1.18 bits per heavy atom. The summed E-state index contributed by atoms with van der Waals surface area (Å²) in [5.74, 6) is 1.76. The van der Waals surface area contributed by atoms with Crippen molar-refractivity contribution in [1.29, 1.82) is 0 Å². The Hall–Kier alpha value is -1.22. The van der Waals surface area contributed by atoms with Gasteiger partial charge in [-0.15, -0.1) is 0 Å². The summed E-state index contributed by atoms with van der Waals surface area (Å²) in [6.45, 7) is 5.50. The second kappa shape index (κ2) is 3.64. The predicted octanol–water partition coefficient (Wildman–Crippen LogP) is 2.41. The van der Waals surface area contributed by atoms with Gasteiger partial charge < -0.3 is 15.2 Å². The Morgan fingerprint density at radius 2 is 1.88 bits per heavy atom. The largest absolute Gasteiger partial charge is 0.486 e. The maximum atomic E-state index is 6.48. The van der Waals surface area contributed by atoms with Crippen LogP contribution < -0.4 is 15.2 Å². The highest BCUT2D eigenvalue weighted by Gasteiger charge is 2.40. The molecule has 1 saturated carbocycles. The molecule has 1 aliphatic carbocycles. The smallest absolute Gasteiger partial charge is 0.166 e. The zero-order chi connectivity index (χ0) is 12.0. The Morgan fingerprint density at radius 3 is 2.53 bits per heavy atom. The lowest BCUT2D eigenvalue weighted by molar-refractivity contribution is 0.159. The highest BCUT2D eigenvalue weighted by Crippen LogP contribution is 2.49.